The molecule has 4 amide bonds. The summed E-state index contributed by atoms with van der Waals surface area (Å²) >= 11 is 2.27. The molecule has 192 valence electrons. The number of carbonyl (C=O) groups excluding carboxylic acids is 3. The van der Waals surface area contributed by atoms with Gasteiger partial charge in [-0.05, 0) is 41.9 Å². The van der Waals surface area contributed by atoms with Gasteiger partial charge < -0.3 is 24.6 Å². The van der Waals surface area contributed by atoms with Crippen LogP contribution in [-0.2, 0) is 20.9 Å². The number of piperazine rings is 1. The van der Waals surface area contributed by atoms with Gasteiger partial charge in [-0.3, -0.25) is 9.59 Å². The zero-order chi connectivity index (χ0) is 25.5. The molecule has 0 unspecified atom stereocenters. The van der Waals surface area contributed by atoms with E-state index in [-0.39, 0.29) is 30.9 Å². The highest BCUT2D eigenvalue weighted by Crippen LogP contribution is 2.28. The van der Waals surface area contributed by atoms with Crippen LogP contribution in [0, 0.1) is 0 Å². The fraction of sp³-hybridized carbons (Fsp3) is 0.542. The van der Waals surface area contributed by atoms with E-state index in [9.17, 15) is 14.4 Å². The Bertz CT molecular complexity index is 927. The van der Waals surface area contributed by atoms with E-state index in [4.69, 9.17) is 9.47 Å². The number of hydrogen-bond acceptors (Lipinski definition) is 6. The van der Waals surface area contributed by atoms with Crippen molar-refractivity contribution in [2.45, 2.75) is 38.5 Å². The van der Waals surface area contributed by atoms with Crippen LogP contribution in [-0.4, -0.2) is 94.7 Å². The number of ether oxygens (including phenoxy) is 2. The van der Waals surface area contributed by atoms with Crippen LogP contribution < -0.4 is 10.1 Å². The van der Waals surface area contributed by atoms with E-state index in [1.54, 1.807) is 40.9 Å². The Kier molecular flexibility index (Phi) is 9.75. The second-order valence-electron chi connectivity index (χ2n) is 8.67. The van der Waals surface area contributed by atoms with Gasteiger partial charge in [-0.1, -0.05) is 41.3 Å². The van der Waals surface area contributed by atoms with Gasteiger partial charge in [0.1, 0.15) is 18.0 Å². The molecule has 2 saturated heterocycles. The maximum absolute atomic E-state index is 13.3. The first-order chi connectivity index (χ1) is 16.8. The number of nitrogens with one attached hydrogen (secondary N) is 1. The van der Waals surface area contributed by atoms with Gasteiger partial charge in [0, 0.05) is 27.2 Å². The summed E-state index contributed by atoms with van der Waals surface area (Å²) in [5, 5.41) is 6.14. The minimum Gasteiger partial charge on any atom is -0.463 e. The number of benzene rings is 1. The quantitative estimate of drug-likeness (QED) is 0.252. The highest BCUT2D eigenvalue weighted by molar-refractivity contribution is 14.1. The van der Waals surface area contributed by atoms with Crippen LogP contribution in [0.15, 0.2) is 36.6 Å². The Morgan fingerprint density at radius 3 is 2.60 bits per heavy atom. The van der Waals surface area contributed by atoms with Crippen LogP contribution in [0.4, 0.5) is 4.79 Å². The van der Waals surface area contributed by atoms with Gasteiger partial charge in [-0.2, -0.15) is 0 Å². The summed E-state index contributed by atoms with van der Waals surface area (Å²) < 4.78 is 11.6. The number of fused-ring (bicyclic) bond motifs is 1. The van der Waals surface area contributed by atoms with E-state index in [0.717, 1.165) is 16.4 Å². The fourth-order valence-electron chi connectivity index (χ4n) is 4.39. The molecule has 1 aromatic rings. The van der Waals surface area contributed by atoms with Crippen molar-refractivity contribution in [2.24, 2.45) is 0 Å². The normalized spacial score (nSPS) is 20.6. The SMILES string of the molecule is C=C(C)Oc1ccc(CNC(=O)N2[C@H]3CN(CCOC)C(=O)[C@H](CCCI)N3C(=O)CN2C)cc1. The molecular weight excluding hydrogens is 565 g/mol. The summed E-state index contributed by atoms with van der Waals surface area (Å²) in [4.78, 5) is 42.9. The molecule has 2 atom stereocenters. The molecule has 2 fully saturated rings. The van der Waals surface area contributed by atoms with E-state index in [1.807, 2.05) is 24.3 Å². The van der Waals surface area contributed by atoms with Gasteiger partial charge >= 0.3 is 6.03 Å². The lowest BCUT2D eigenvalue weighted by atomic mass is 10.0. The summed E-state index contributed by atoms with van der Waals surface area (Å²) in [7, 11) is 3.30. The van der Waals surface area contributed by atoms with Crippen LogP contribution in [0.25, 0.3) is 0 Å². The van der Waals surface area contributed by atoms with E-state index >= 15 is 0 Å². The Morgan fingerprint density at radius 1 is 1.26 bits per heavy atom. The molecule has 0 bridgehead atoms. The number of halogens is 1. The molecule has 2 aliphatic rings. The first kappa shape index (κ1) is 27.2. The third-order valence-corrected chi connectivity index (χ3v) is 6.75. The van der Waals surface area contributed by atoms with E-state index in [0.29, 0.717) is 37.6 Å². The number of allylic oxidation sites excluding steroid dienone is 1. The second-order valence-corrected chi connectivity index (χ2v) is 9.75. The lowest BCUT2D eigenvalue weighted by Gasteiger charge is -2.54. The van der Waals surface area contributed by atoms with Crippen molar-refractivity contribution in [1.29, 1.82) is 0 Å². The van der Waals surface area contributed by atoms with Gasteiger partial charge in [-0.25, -0.2) is 14.8 Å². The average molecular weight is 599 g/mol. The summed E-state index contributed by atoms with van der Waals surface area (Å²) in [6.07, 6.45) is 0.783. The van der Waals surface area contributed by atoms with Crippen LogP contribution in [0.5, 0.6) is 5.75 Å². The van der Waals surface area contributed by atoms with Crippen LogP contribution in [0.3, 0.4) is 0 Å². The first-order valence-electron chi connectivity index (χ1n) is 11.6. The fourth-order valence-corrected chi connectivity index (χ4v) is 4.83. The number of amides is 4. The smallest absolute Gasteiger partial charge is 0.334 e. The van der Waals surface area contributed by atoms with Crippen molar-refractivity contribution in [2.75, 3.05) is 44.8 Å². The molecular formula is C24H34IN5O5. The number of hydrazine groups is 1. The lowest BCUT2D eigenvalue weighted by molar-refractivity contribution is -0.187. The molecule has 35 heavy (non-hydrogen) atoms. The molecule has 0 saturated carbocycles. The van der Waals surface area contributed by atoms with Gasteiger partial charge in [0.05, 0.1) is 25.5 Å². The third kappa shape index (κ3) is 6.64. The molecule has 2 aliphatic heterocycles. The van der Waals surface area contributed by atoms with Crippen molar-refractivity contribution in [1.82, 2.24) is 25.1 Å². The topological polar surface area (TPSA) is 94.7 Å². The highest BCUT2D eigenvalue weighted by atomic mass is 127. The molecule has 10 nitrogen and oxygen atoms in total. The van der Waals surface area contributed by atoms with Gasteiger partial charge in [0.15, 0.2) is 0 Å². The Hall–Kier alpha value is -2.38. The molecule has 3 rings (SSSR count). The van der Waals surface area contributed by atoms with Gasteiger partial charge in [0.25, 0.3) is 0 Å². The van der Waals surface area contributed by atoms with E-state index < -0.39 is 12.2 Å². The lowest BCUT2D eigenvalue weighted by Crippen LogP contribution is -2.76. The number of rotatable bonds is 10. The number of methoxy groups -OCH3 is 1. The van der Waals surface area contributed by atoms with Crippen molar-refractivity contribution in [3.63, 3.8) is 0 Å². The molecule has 0 aliphatic carbocycles. The number of nitrogens with zero attached hydrogens (tertiary/aromatic N) is 4. The highest BCUT2D eigenvalue weighted by Gasteiger charge is 2.50. The largest absolute Gasteiger partial charge is 0.463 e. The first-order valence-corrected chi connectivity index (χ1v) is 13.1. The molecule has 1 N–H and O–H groups in total. The van der Waals surface area contributed by atoms with Crippen LogP contribution in [0.1, 0.15) is 25.3 Å². The molecule has 1 aromatic carbocycles. The number of alkyl halides is 1. The monoisotopic (exact) mass is 599 g/mol. The van der Waals surface area contributed by atoms with Crippen molar-refractivity contribution in [3.8, 4) is 5.75 Å². The summed E-state index contributed by atoms with van der Waals surface area (Å²) in [6, 6.07) is 6.48. The molecule has 0 aromatic heterocycles. The maximum Gasteiger partial charge on any atom is 0.334 e. The summed E-state index contributed by atoms with van der Waals surface area (Å²) in [5.74, 6) is 1.05. The minimum atomic E-state index is -0.585. The van der Waals surface area contributed by atoms with Crippen LogP contribution in [0.2, 0.25) is 0 Å². The minimum absolute atomic E-state index is 0.0307. The van der Waals surface area contributed by atoms with Crippen molar-refractivity contribution in [3.05, 3.63) is 42.2 Å². The molecule has 0 radical (unpaired) electrons. The predicted octanol–water partition coefficient (Wildman–Crippen LogP) is 2.20. The average Bonchev–Trinajstić information content (AvgIpc) is 2.81. The number of likely N-dealkylation sites (N-methyl/N-ethyl adjacent to an activating group) is 1. The van der Waals surface area contributed by atoms with Crippen molar-refractivity contribution >= 4 is 40.4 Å². The number of hydrogen-bond donors (Lipinski definition) is 1. The zero-order valence-corrected chi connectivity index (χ0v) is 22.7. The third-order valence-electron chi connectivity index (χ3n) is 5.98. The standard InChI is InChI=1S/C24H34IN5O5/c1-17(2)35-19-9-7-18(8-10-19)14-26-24(33)30-21-15-28(12-13-34-4)23(32)20(6-5-11-25)29(21)22(31)16-27(30)3/h7-10,20-21H,1,5-6,11-16H2,2-4H3,(H,26,33)/t20-,21-/m0/s1. The predicted molar refractivity (Wildman–Crippen MR) is 140 cm³/mol. The van der Waals surface area contributed by atoms with E-state index in [1.165, 1.54) is 0 Å². The Labute approximate surface area is 220 Å². The zero-order valence-electron chi connectivity index (χ0n) is 20.5. The Balaban J connectivity index is 1.77. The molecule has 11 heteroatoms. The van der Waals surface area contributed by atoms with Gasteiger partial charge in [0.2, 0.25) is 11.8 Å². The Morgan fingerprint density at radius 2 is 1.97 bits per heavy atom. The summed E-state index contributed by atoms with van der Waals surface area (Å²) in [6.45, 7) is 6.88. The number of urea groups is 1. The molecule has 2 heterocycles. The summed E-state index contributed by atoms with van der Waals surface area (Å²) in [5.41, 5.74) is 0.903. The van der Waals surface area contributed by atoms with E-state index in [2.05, 4.69) is 34.5 Å². The second kappa shape index (κ2) is 12.5. The van der Waals surface area contributed by atoms with Gasteiger partial charge in [-0.15, -0.1) is 0 Å². The maximum atomic E-state index is 13.3. The number of carbonyl (C=O) groups is 3. The van der Waals surface area contributed by atoms with Crippen LogP contribution >= 0.6 is 22.6 Å². The molecule has 0 spiro atoms. The van der Waals surface area contributed by atoms with Crippen molar-refractivity contribution < 1.29 is 23.9 Å².